The summed E-state index contributed by atoms with van der Waals surface area (Å²) in [4.78, 5) is 29.2. The van der Waals surface area contributed by atoms with Gasteiger partial charge in [-0.25, -0.2) is 4.79 Å². The molecule has 2 heterocycles. The van der Waals surface area contributed by atoms with Crippen LogP contribution in [0, 0.1) is 0 Å². The van der Waals surface area contributed by atoms with Crippen molar-refractivity contribution in [2.45, 2.75) is 32.3 Å². The number of fused-ring (bicyclic) bond motifs is 2. The van der Waals surface area contributed by atoms with E-state index in [0.717, 1.165) is 47.8 Å². The lowest BCUT2D eigenvalue weighted by molar-refractivity contribution is 0.0463. The fourth-order valence-electron chi connectivity index (χ4n) is 3.33. The van der Waals surface area contributed by atoms with Gasteiger partial charge in [-0.1, -0.05) is 18.2 Å². The Morgan fingerprint density at radius 1 is 1.00 bits per heavy atom. The van der Waals surface area contributed by atoms with Gasteiger partial charge < -0.3 is 16.2 Å². The Balaban J connectivity index is 1.69. The zero-order valence-electron chi connectivity index (χ0n) is 14.1. The van der Waals surface area contributed by atoms with Crippen molar-refractivity contribution in [3.63, 3.8) is 0 Å². The molecule has 1 aliphatic rings. The molecular weight excluding hydrogens is 332 g/mol. The second-order valence-corrected chi connectivity index (χ2v) is 6.18. The van der Waals surface area contributed by atoms with Gasteiger partial charge in [-0.15, -0.1) is 0 Å². The number of nitrogens with two attached hydrogens (primary N) is 2. The lowest BCUT2D eigenvalue weighted by atomic mass is 9.90. The molecule has 0 saturated carbocycles. The van der Waals surface area contributed by atoms with Crippen molar-refractivity contribution in [1.29, 1.82) is 0 Å². The van der Waals surface area contributed by atoms with Crippen molar-refractivity contribution in [3.05, 3.63) is 46.9 Å². The number of aromatic nitrogens is 4. The van der Waals surface area contributed by atoms with Crippen molar-refractivity contribution in [3.8, 4) is 0 Å². The number of nitrogens with zero attached hydrogens (tertiary/aromatic N) is 4. The zero-order valence-corrected chi connectivity index (χ0v) is 14.1. The number of carbonyl (C=O) groups is 1. The Bertz CT molecular complexity index is 984. The molecule has 8 nitrogen and oxygen atoms in total. The molecule has 0 atom stereocenters. The summed E-state index contributed by atoms with van der Waals surface area (Å²) in [6.07, 6.45) is 3.81. The van der Waals surface area contributed by atoms with E-state index in [0.29, 0.717) is 5.56 Å². The summed E-state index contributed by atoms with van der Waals surface area (Å²) >= 11 is 0. The van der Waals surface area contributed by atoms with E-state index >= 15 is 0 Å². The van der Waals surface area contributed by atoms with Crippen molar-refractivity contribution in [2.75, 3.05) is 11.5 Å². The maximum atomic E-state index is 12.9. The van der Waals surface area contributed by atoms with Gasteiger partial charge in [0, 0.05) is 11.1 Å². The number of nitrogen functional groups attached to an aromatic ring is 2. The van der Waals surface area contributed by atoms with Crippen LogP contribution in [0.25, 0.3) is 10.9 Å². The number of benzene rings is 1. The first-order valence-electron chi connectivity index (χ1n) is 8.45. The first kappa shape index (κ1) is 16.2. The molecule has 3 aromatic rings. The van der Waals surface area contributed by atoms with E-state index < -0.39 is 5.97 Å². The number of hydrogen-bond donors (Lipinski definition) is 2. The van der Waals surface area contributed by atoms with E-state index in [9.17, 15) is 4.79 Å². The first-order valence-corrected chi connectivity index (χ1v) is 8.45. The Labute approximate surface area is 149 Å². The van der Waals surface area contributed by atoms with Crippen molar-refractivity contribution in [2.24, 2.45) is 0 Å². The third-order valence-corrected chi connectivity index (χ3v) is 4.42. The third kappa shape index (κ3) is 3.01. The van der Waals surface area contributed by atoms with Crippen LogP contribution in [0.15, 0.2) is 24.3 Å². The largest absolute Gasteiger partial charge is 0.454 e. The minimum Gasteiger partial charge on any atom is -0.454 e. The molecule has 0 radical (unpaired) electrons. The Morgan fingerprint density at radius 3 is 2.54 bits per heavy atom. The second-order valence-electron chi connectivity index (χ2n) is 6.18. The van der Waals surface area contributed by atoms with Crippen LogP contribution in [0.4, 0.5) is 11.9 Å². The number of aryl methyl sites for hydroxylation is 1. The standard InChI is InChI=1S/C18H18N6O2/c19-17-22-14(23-18(20)24-17)9-26-16(25)15-10-5-1-3-7-12(10)21-13-8-4-2-6-11(13)15/h1,3,5,7H,2,4,6,8-9H2,(H4,19,20,22,23,24). The quantitative estimate of drug-likeness (QED) is 0.684. The normalized spacial score (nSPS) is 13.4. The first-order chi connectivity index (χ1) is 12.6. The highest BCUT2D eigenvalue weighted by atomic mass is 16.5. The van der Waals surface area contributed by atoms with E-state index in [1.807, 2.05) is 24.3 Å². The van der Waals surface area contributed by atoms with Gasteiger partial charge in [0.2, 0.25) is 11.9 Å². The van der Waals surface area contributed by atoms with E-state index in [1.165, 1.54) is 0 Å². The fourth-order valence-corrected chi connectivity index (χ4v) is 3.33. The Kier molecular flexibility index (Phi) is 4.08. The van der Waals surface area contributed by atoms with Crippen LogP contribution >= 0.6 is 0 Å². The summed E-state index contributed by atoms with van der Waals surface area (Å²) < 4.78 is 5.47. The van der Waals surface area contributed by atoms with Gasteiger partial charge in [-0.05, 0) is 37.3 Å². The summed E-state index contributed by atoms with van der Waals surface area (Å²) in [6.45, 7) is -0.124. The molecule has 0 unspecified atom stereocenters. The summed E-state index contributed by atoms with van der Waals surface area (Å²) in [5, 5.41) is 0.799. The van der Waals surface area contributed by atoms with Gasteiger partial charge in [0.15, 0.2) is 12.4 Å². The summed E-state index contributed by atoms with van der Waals surface area (Å²) in [6, 6.07) is 7.61. The van der Waals surface area contributed by atoms with Crippen LogP contribution in [-0.2, 0) is 24.2 Å². The molecule has 4 N–H and O–H groups in total. The number of anilines is 2. The number of carbonyl (C=O) groups excluding carboxylic acids is 1. The highest BCUT2D eigenvalue weighted by Crippen LogP contribution is 2.29. The van der Waals surface area contributed by atoms with Gasteiger partial charge in [-0.3, -0.25) is 4.98 Å². The topological polar surface area (TPSA) is 130 Å². The van der Waals surface area contributed by atoms with Gasteiger partial charge in [0.05, 0.1) is 11.1 Å². The zero-order chi connectivity index (χ0) is 18.1. The predicted molar refractivity (Wildman–Crippen MR) is 96.2 cm³/mol. The maximum Gasteiger partial charge on any atom is 0.339 e. The molecule has 2 aromatic heterocycles. The molecule has 4 rings (SSSR count). The lowest BCUT2D eigenvalue weighted by Crippen LogP contribution is -2.16. The van der Waals surface area contributed by atoms with Crippen molar-refractivity contribution >= 4 is 28.8 Å². The molecule has 0 spiro atoms. The molecule has 0 fully saturated rings. The number of para-hydroxylation sites is 1. The minimum atomic E-state index is -0.417. The molecule has 26 heavy (non-hydrogen) atoms. The monoisotopic (exact) mass is 350 g/mol. The number of pyridine rings is 1. The Morgan fingerprint density at radius 2 is 1.73 bits per heavy atom. The summed E-state index contributed by atoms with van der Waals surface area (Å²) in [5.41, 5.74) is 14.4. The van der Waals surface area contributed by atoms with Crippen LogP contribution in [-0.4, -0.2) is 25.9 Å². The smallest absolute Gasteiger partial charge is 0.339 e. The number of rotatable bonds is 3. The highest BCUT2D eigenvalue weighted by Gasteiger charge is 2.23. The number of ether oxygens (including phenoxy) is 1. The third-order valence-electron chi connectivity index (χ3n) is 4.42. The summed E-state index contributed by atoms with van der Waals surface area (Å²) in [5.74, 6) is -0.208. The minimum absolute atomic E-state index is 0.00436. The van der Waals surface area contributed by atoms with E-state index in [1.54, 1.807) is 0 Å². The average molecular weight is 350 g/mol. The van der Waals surface area contributed by atoms with Crippen LogP contribution in [0.3, 0.4) is 0 Å². The molecule has 1 aromatic carbocycles. The van der Waals surface area contributed by atoms with Gasteiger partial charge in [-0.2, -0.15) is 15.0 Å². The van der Waals surface area contributed by atoms with Crippen LogP contribution in [0.5, 0.6) is 0 Å². The predicted octanol–water partition coefficient (Wildman–Crippen LogP) is 1.82. The van der Waals surface area contributed by atoms with Crippen LogP contribution in [0.2, 0.25) is 0 Å². The van der Waals surface area contributed by atoms with Crippen molar-refractivity contribution < 1.29 is 9.53 Å². The Hall–Kier alpha value is -3.29. The molecule has 0 bridgehead atoms. The molecule has 0 saturated heterocycles. The lowest BCUT2D eigenvalue weighted by Gasteiger charge is -2.19. The molecule has 8 heteroatoms. The molecule has 0 amide bonds. The summed E-state index contributed by atoms with van der Waals surface area (Å²) in [7, 11) is 0. The van der Waals surface area contributed by atoms with Gasteiger partial charge in [0.25, 0.3) is 0 Å². The molecule has 1 aliphatic carbocycles. The second kappa shape index (κ2) is 6.55. The number of esters is 1. The van der Waals surface area contributed by atoms with E-state index in [4.69, 9.17) is 21.2 Å². The van der Waals surface area contributed by atoms with E-state index in [2.05, 4.69) is 15.0 Å². The van der Waals surface area contributed by atoms with Gasteiger partial charge in [0.1, 0.15) is 0 Å². The van der Waals surface area contributed by atoms with Gasteiger partial charge >= 0.3 is 5.97 Å². The van der Waals surface area contributed by atoms with E-state index in [-0.39, 0.29) is 24.3 Å². The van der Waals surface area contributed by atoms with Crippen LogP contribution < -0.4 is 11.5 Å². The maximum absolute atomic E-state index is 12.9. The number of hydrogen-bond acceptors (Lipinski definition) is 8. The van der Waals surface area contributed by atoms with Crippen molar-refractivity contribution in [1.82, 2.24) is 19.9 Å². The van der Waals surface area contributed by atoms with Crippen LogP contribution in [0.1, 0.15) is 40.3 Å². The molecule has 132 valence electrons. The molecular formula is C18H18N6O2. The fraction of sp³-hybridized carbons (Fsp3) is 0.278. The molecule has 0 aliphatic heterocycles. The highest BCUT2D eigenvalue weighted by molar-refractivity contribution is 6.05. The SMILES string of the molecule is Nc1nc(N)nc(COC(=O)c2c3c(nc4ccccc24)CCCC3)n1. The average Bonchev–Trinajstić information content (AvgIpc) is 2.63.